The Morgan fingerprint density at radius 1 is 1.18 bits per heavy atom. The molecule has 0 spiro atoms. The van der Waals surface area contributed by atoms with Gasteiger partial charge in [0.25, 0.3) is 0 Å². The summed E-state index contributed by atoms with van der Waals surface area (Å²) in [6.45, 7) is 0. The van der Waals surface area contributed by atoms with Gasteiger partial charge in [0.2, 0.25) is 5.72 Å². The summed E-state index contributed by atoms with van der Waals surface area (Å²) in [5.41, 5.74) is 0.660. The van der Waals surface area contributed by atoms with Crippen LogP contribution in [0, 0.1) is 0 Å². The average molecular weight is 401 g/mol. The van der Waals surface area contributed by atoms with Crippen LogP contribution in [0.15, 0.2) is 53.3 Å². The Labute approximate surface area is 147 Å². The third-order valence-electron chi connectivity index (χ3n) is 3.49. The van der Waals surface area contributed by atoms with E-state index in [4.69, 9.17) is 32.7 Å². The van der Waals surface area contributed by atoms with Crippen LogP contribution in [0.5, 0.6) is 5.75 Å². The fraction of sp³-hybridized carbons (Fsp3) is 0.125. The Bertz CT molecular complexity index is 741. The van der Waals surface area contributed by atoms with E-state index in [-0.39, 0.29) is 0 Å². The molecule has 0 bridgehead atoms. The molecule has 0 fully saturated rings. The van der Waals surface area contributed by atoms with Crippen LogP contribution in [0.2, 0.25) is 10.0 Å². The monoisotopic (exact) mass is 399 g/mol. The third kappa shape index (κ3) is 2.45. The second-order valence-electron chi connectivity index (χ2n) is 4.69. The van der Waals surface area contributed by atoms with Crippen LogP contribution in [-0.4, -0.2) is 7.11 Å². The second-order valence-corrected chi connectivity index (χ2v) is 6.33. The van der Waals surface area contributed by atoms with E-state index in [2.05, 4.69) is 21.2 Å². The van der Waals surface area contributed by atoms with E-state index < -0.39 is 5.72 Å². The van der Waals surface area contributed by atoms with Gasteiger partial charge in [-0.05, 0) is 24.3 Å². The zero-order chi connectivity index (χ0) is 15.7. The van der Waals surface area contributed by atoms with Crippen molar-refractivity contribution in [3.8, 4) is 5.75 Å². The highest BCUT2D eigenvalue weighted by molar-refractivity contribution is 9.10. The first-order valence-corrected chi connectivity index (χ1v) is 8.02. The van der Waals surface area contributed by atoms with E-state index in [1.165, 1.54) is 0 Å². The van der Waals surface area contributed by atoms with Gasteiger partial charge in [-0.1, -0.05) is 51.3 Å². The Morgan fingerprint density at radius 3 is 2.64 bits per heavy atom. The first-order valence-electron chi connectivity index (χ1n) is 6.47. The highest BCUT2D eigenvalue weighted by Gasteiger charge is 2.41. The lowest BCUT2D eigenvalue weighted by atomic mass is 9.94. The van der Waals surface area contributed by atoms with Gasteiger partial charge in [0, 0.05) is 21.8 Å². The summed E-state index contributed by atoms with van der Waals surface area (Å²) in [7, 11) is 1.62. The highest BCUT2D eigenvalue weighted by Crippen LogP contribution is 2.43. The Kier molecular flexibility index (Phi) is 4.26. The van der Waals surface area contributed by atoms with Gasteiger partial charge in [0.05, 0.1) is 17.2 Å². The van der Waals surface area contributed by atoms with Crippen LogP contribution in [0.4, 0.5) is 0 Å². The molecule has 1 N–H and O–H groups in total. The van der Waals surface area contributed by atoms with Crippen molar-refractivity contribution in [2.45, 2.75) is 5.72 Å². The second kappa shape index (κ2) is 6.03. The summed E-state index contributed by atoms with van der Waals surface area (Å²) < 4.78 is 12.0. The minimum atomic E-state index is -0.937. The molecule has 114 valence electrons. The molecule has 0 saturated heterocycles. The molecule has 3 rings (SSSR count). The van der Waals surface area contributed by atoms with Gasteiger partial charge >= 0.3 is 0 Å². The summed E-state index contributed by atoms with van der Waals surface area (Å²) in [6, 6.07) is 11.1. The first kappa shape index (κ1) is 15.5. The predicted octanol–water partition coefficient (Wildman–Crippen LogP) is 5.06. The number of methoxy groups -OCH3 is 1. The number of ether oxygens (including phenoxy) is 2. The molecule has 6 heteroatoms. The lowest BCUT2D eigenvalue weighted by Crippen LogP contribution is -2.39. The zero-order valence-corrected chi connectivity index (χ0v) is 14.7. The predicted molar refractivity (Wildman–Crippen MR) is 91.3 cm³/mol. The van der Waals surface area contributed by atoms with E-state index in [0.29, 0.717) is 10.0 Å². The van der Waals surface area contributed by atoms with E-state index in [0.717, 1.165) is 21.3 Å². The minimum Gasteiger partial charge on any atom is -0.497 e. The molecule has 2 aromatic carbocycles. The van der Waals surface area contributed by atoms with E-state index in [1.54, 1.807) is 25.6 Å². The maximum absolute atomic E-state index is 6.40. The quantitative estimate of drug-likeness (QED) is 0.781. The molecule has 22 heavy (non-hydrogen) atoms. The molecule has 0 saturated carbocycles. The van der Waals surface area contributed by atoms with Gasteiger partial charge in [-0.15, -0.1) is 0 Å². The molecule has 0 aliphatic carbocycles. The van der Waals surface area contributed by atoms with Crippen molar-refractivity contribution in [3.05, 3.63) is 74.5 Å². The topological polar surface area (TPSA) is 30.5 Å². The van der Waals surface area contributed by atoms with Crippen molar-refractivity contribution >= 4 is 39.1 Å². The Balaban J connectivity index is 2.20. The minimum absolute atomic E-state index is 0.447. The summed E-state index contributed by atoms with van der Waals surface area (Å²) in [5.74, 6) is 0.744. The highest BCUT2D eigenvalue weighted by atomic mass is 79.9. The van der Waals surface area contributed by atoms with Crippen LogP contribution >= 0.6 is 39.1 Å². The fourth-order valence-electron chi connectivity index (χ4n) is 2.43. The number of nitrogens with one attached hydrogen (secondary N) is 1. The normalized spacial score (nSPS) is 19.6. The van der Waals surface area contributed by atoms with E-state index >= 15 is 0 Å². The molecule has 1 aliphatic rings. The summed E-state index contributed by atoms with van der Waals surface area (Å²) >= 11 is 16.1. The third-order valence-corrected chi connectivity index (χ3v) is 4.96. The van der Waals surface area contributed by atoms with Crippen molar-refractivity contribution in [3.63, 3.8) is 0 Å². The molecule has 0 amide bonds. The lowest BCUT2D eigenvalue weighted by Gasteiger charge is -2.32. The molecule has 1 heterocycles. The van der Waals surface area contributed by atoms with Crippen LogP contribution in [0.25, 0.3) is 0 Å². The summed E-state index contributed by atoms with van der Waals surface area (Å²) in [5, 5.41) is 4.15. The van der Waals surface area contributed by atoms with E-state index in [1.807, 2.05) is 30.3 Å². The molecular formula is C16H12BrCl2NO2. The van der Waals surface area contributed by atoms with Crippen LogP contribution in [-0.2, 0) is 10.5 Å². The molecule has 3 nitrogen and oxygen atoms in total. The van der Waals surface area contributed by atoms with Crippen LogP contribution in [0.3, 0.4) is 0 Å². The molecule has 0 aromatic heterocycles. The standard InChI is InChI=1S/C16H12BrCl2NO2/c1-21-10-5-6-11(13(17)9-10)16(20-7-8-22-16)12-3-2-4-14(18)15(12)19/h2-9,20H,1H3. The summed E-state index contributed by atoms with van der Waals surface area (Å²) in [6.07, 6.45) is 3.32. The van der Waals surface area contributed by atoms with Crippen molar-refractivity contribution in [2.24, 2.45) is 0 Å². The van der Waals surface area contributed by atoms with Crippen molar-refractivity contribution in [1.29, 1.82) is 0 Å². The van der Waals surface area contributed by atoms with Crippen molar-refractivity contribution in [2.75, 3.05) is 7.11 Å². The number of hydrogen-bond donors (Lipinski definition) is 1. The number of benzene rings is 2. The Morgan fingerprint density at radius 2 is 2.00 bits per heavy atom. The van der Waals surface area contributed by atoms with Gasteiger partial charge in [0.15, 0.2) is 0 Å². The first-order chi connectivity index (χ1) is 10.6. The van der Waals surface area contributed by atoms with E-state index in [9.17, 15) is 0 Å². The molecular weight excluding hydrogens is 389 g/mol. The van der Waals surface area contributed by atoms with Gasteiger partial charge in [-0.3, -0.25) is 0 Å². The van der Waals surface area contributed by atoms with Gasteiger partial charge in [-0.2, -0.15) is 0 Å². The van der Waals surface area contributed by atoms with Gasteiger partial charge < -0.3 is 14.8 Å². The fourth-order valence-corrected chi connectivity index (χ4v) is 3.50. The molecule has 1 unspecified atom stereocenters. The average Bonchev–Trinajstić information content (AvgIpc) is 3.00. The van der Waals surface area contributed by atoms with Gasteiger partial charge in [-0.25, -0.2) is 0 Å². The molecule has 1 atom stereocenters. The van der Waals surface area contributed by atoms with Crippen LogP contribution < -0.4 is 10.1 Å². The molecule has 0 radical (unpaired) electrons. The van der Waals surface area contributed by atoms with Crippen molar-refractivity contribution < 1.29 is 9.47 Å². The molecule has 1 aliphatic heterocycles. The zero-order valence-electron chi connectivity index (χ0n) is 11.6. The number of hydrogen-bond acceptors (Lipinski definition) is 3. The maximum Gasteiger partial charge on any atom is 0.234 e. The largest absolute Gasteiger partial charge is 0.497 e. The number of rotatable bonds is 3. The van der Waals surface area contributed by atoms with Crippen molar-refractivity contribution in [1.82, 2.24) is 5.32 Å². The smallest absolute Gasteiger partial charge is 0.234 e. The maximum atomic E-state index is 6.40. The SMILES string of the molecule is COc1ccc(C2(c3cccc(Cl)c3Cl)NC=CO2)c(Br)c1. The summed E-state index contributed by atoms with van der Waals surface area (Å²) in [4.78, 5) is 0. The van der Waals surface area contributed by atoms with Gasteiger partial charge in [0.1, 0.15) is 12.0 Å². The molecule has 2 aromatic rings. The number of halogens is 3. The van der Waals surface area contributed by atoms with Crippen LogP contribution in [0.1, 0.15) is 11.1 Å². The lowest BCUT2D eigenvalue weighted by molar-refractivity contribution is 0.0619. The Hall–Kier alpha value is -1.36.